The number of aliphatic carboxylic acids is 1. The molecule has 1 aromatic carbocycles. The minimum atomic E-state index is -1.21. The van der Waals surface area contributed by atoms with Crippen LogP contribution in [0.15, 0.2) is 24.3 Å². The summed E-state index contributed by atoms with van der Waals surface area (Å²) in [4.78, 5) is 22.7. The predicted molar refractivity (Wildman–Crippen MR) is 77.7 cm³/mol. The topological polar surface area (TPSA) is 84.9 Å². The van der Waals surface area contributed by atoms with Gasteiger partial charge in [-0.2, -0.15) is 0 Å². The monoisotopic (exact) mass is 315 g/mol. The fraction of sp³-hybridized carbons (Fsp3) is 0.429. The van der Waals surface area contributed by atoms with Gasteiger partial charge in [0, 0.05) is 5.02 Å². The summed E-state index contributed by atoms with van der Waals surface area (Å²) in [5, 5.41) is 11.9. The summed E-state index contributed by atoms with van der Waals surface area (Å²) in [5.74, 6) is -0.758. The Balaban J connectivity index is 2.56. The van der Waals surface area contributed by atoms with Crippen LogP contribution in [0.3, 0.4) is 0 Å². The molecule has 0 spiro atoms. The highest BCUT2D eigenvalue weighted by Gasteiger charge is 2.24. The SMILES string of the molecule is CC(C)(C)OC(=O)N[C@@H](COc1ccc(Cl)cc1)C(=O)O. The number of hydrogen-bond donors (Lipinski definition) is 2. The summed E-state index contributed by atoms with van der Waals surface area (Å²) in [7, 11) is 0. The van der Waals surface area contributed by atoms with Crippen molar-refractivity contribution in [2.45, 2.75) is 32.4 Å². The molecule has 0 aliphatic carbocycles. The first kappa shape index (κ1) is 17.1. The second-order valence-electron chi connectivity index (χ2n) is 5.30. The molecule has 0 aliphatic heterocycles. The van der Waals surface area contributed by atoms with Crippen molar-refractivity contribution in [2.75, 3.05) is 6.61 Å². The van der Waals surface area contributed by atoms with Crippen molar-refractivity contribution in [1.29, 1.82) is 0 Å². The Hall–Kier alpha value is -1.95. The quantitative estimate of drug-likeness (QED) is 0.872. The zero-order valence-corrected chi connectivity index (χ0v) is 12.8. The molecule has 0 saturated carbocycles. The number of nitrogens with one attached hydrogen (secondary N) is 1. The van der Waals surface area contributed by atoms with Crippen LogP contribution >= 0.6 is 11.6 Å². The van der Waals surface area contributed by atoms with Crippen LogP contribution < -0.4 is 10.1 Å². The third kappa shape index (κ3) is 6.85. The summed E-state index contributed by atoms with van der Waals surface area (Å²) < 4.78 is 10.3. The maximum Gasteiger partial charge on any atom is 0.408 e. The highest BCUT2D eigenvalue weighted by Crippen LogP contribution is 2.15. The summed E-state index contributed by atoms with van der Waals surface area (Å²) >= 11 is 5.73. The van der Waals surface area contributed by atoms with Crippen LogP contribution in [0, 0.1) is 0 Å². The maximum atomic E-state index is 11.6. The van der Waals surface area contributed by atoms with Crippen LogP contribution in [-0.4, -0.2) is 35.4 Å². The Morgan fingerprint density at radius 1 is 1.29 bits per heavy atom. The third-order valence-electron chi connectivity index (χ3n) is 2.22. The fourth-order valence-electron chi connectivity index (χ4n) is 1.33. The number of benzene rings is 1. The second kappa shape index (κ2) is 7.17. The van der Waals surface area contributed by atoms with E-state index in [-0.39, 0.29) is 6.61 Å². The number of carboxylic acids is 1. The van der Waals surface area contributed by atoms with E-state index in [2.05, 4.69) is 5.32 Å². The van der Waals surface area contributed by atoms with Gasteiger partial charge in [-0.1, -0.05) is 11.6 Å². The number of alkyl carbamates (subject to hydrolysis) is 1. The van der Waals surface area contributed by atoms with Gasteiger partial charge < -0.3 is 19.9 Å². The number of ether oxygens (including phenoxy) is 2. The number of carbonyl (C=O) groups excluding carboxylic acids is 1. The zero-order valence-electron chi connectivity index (χ0n) is 12.1. The Kier molecular flexibility index (Phi) is 5.84. The molecule has 0 radical (unpaired) electrons. The van der Waals surface area contributed by atoms with Gasteiger partial charge in [-0.05, 0) is 45.0 Å². The highest BCUT2D eigenvalue weighted by atomic mass is 35.5. The van der Waals surface area contributed by atoms with Gasteiger partial charge >= 0.3 is 12.1 Å². The largest absolute Gasteiger partial charge is 0.491 e. The Morgan fingerprint density at radius 3 is 2.33 bits per heavy atom. The standard InChI is InChI=1S/C14H18ClNO5/c1-14(2,3)21-13(19)16-11(12(17)18)8-20-10-6-4-9(15)5-7-10/h4-7,11H,8H2,1-3H3,(H,16,19)(H,17,18)/t11-/m0/s1. The molecule has 6 nitrogen and oxygen atoms in total. The van der Waals surface area contributed by atoms with Crippen LogP contribution in [-0.2, 0) is 9.53 Å². The molecule has 0 aliphatic rings. The van der Waals surface area contributed by atoms with E-state index in [1.54, 1.807) is 45.0 Å². The number of carbonyl (C=O) groups is 2. The lowest BCUT2D eigenvalue weighted by Gasteiger charge is -2.22. The molecule has 2 N–H and O–H groups in total. The van der Waals surface area contributed by atoms with Gasteiger partial charge in [0.25, 0.3) is 0 Å². The molecule has 0 saturated heterocycles. The van der Waals surface area contributed by atoms with E-state index < -0.39 is 23.7 Å². The van der Waals surface area contributed by atoms with Crippen molar-refractivity contribution in [3.63, 3.8) is 0 Å². The van der Waals surface area contributed by atoms with Crippen molar-refractivity contribution in [2.24, 2.45) is 0 Å². The Labute approximate surface area is 128 Å². The van der Waals surface area contributed by atoms with Crippen molar-refractivity contribution < 1.29 is 24.2 Å². The van der Waals surface area contributed by atoms with Gasteiger partial charge in [0.05, 0.1) is 0 Å². The van der Waals surface area contributed by atoms with Crippen LogP contribution in [0.25, 0.3) is 0 Å². The first-order valence-corrected chi connectivity index (χ1v) is 6.66. The van der Waals surface area contributed by atoms with Crippen molar-refractivity contribution >= 4 is 23.7 Å². The van der Waals surface area contributed by atoms with E-state index in [1.807, 2.05) is 0 Å². The van der Waals surface area contributed by atoms with Gasteiger partial charge in [0.15, 0.2) is 6.04 Å². The summed E-state index contributed by atoms with van der Waals surface area (Å²) in [5.41, 5.74) is -0.704. The second-order valence-corrected chi connectivity index (χ2v) is 5.74. The van der Waals surface area contributed by atoms with Gasteiger partial charge in [0.1, 0.15) is 18.0 Å². The van der Waals surface area contributed by atoms with E-state index in [1.165, 1.54) is 0 Å². The molecule has 0 bridgehead atoms. The van der Waals surface area contributed by atoms with Crippen LogP contribution in [0.4, 0.5) is 4.79 Å². The Bertz CT molecular complexity index is 495. The van der Waals surface area contributed by atoms with E-state index in [9.17, 15) is 9.59 Å². The third-order valence-corrected chi connectivity index (χ3v) is 2.47. The number of rotatable bonds is 5. The number of amides is 1. The Morgan fingerprint density at radius 2 is 1.86 bits per heavy atom. The fourth-order valence-corrected chi connectivity index (χ4v) is 1.46. The number of halogens is 1. The molecule has 116 valence electrons. The van der Waals surface area contributed by atoms with Gasteiger partial charge in [-0.15, -0.1) is 0 Å². The molecule has 21 heavy (non-hydrogen) atoms. The first-order valence-electron chi connectivity index (χ1n) is 6.28. The molecule has 1 amide bonds. The maximum absolute atomic E-state index is 11.6. The molecule has 1 atom stereocenters. The van der Waals surface area contributed by atoms with Gasteiger partial charge in [-0.25, -0.2) is 9.59 Å². The molecular formula is C14H18ClNO5. The predicted octanol–water partition coefficient (Wildman–Crippen LogP) is 2.70. The molecular weight excluding hydrogens is 298 g/mol. The van der Waals surface area contributed by atoms with Crippen LogP contribution in [0.5, 0.6) is 5.75 Å². The van der Waals surface area contributed by atoms with Crippen molar-refractivity contribution in [3.05, 3.63) is 29.3 Å². The number of hydrogen-bond acceptors (Lipinski definition) is 4. The molecule has 0 heterocycles. The van der Waals surface area contributed by atoms with E-state index >= 15 is 0 Å². The van der Waals surface area contributed by atoms with Gasteiger partial charge in [0.2, 0.25) is 0 Å². The minimum absolute atomic E-state index is 0.226. The van der Waals surface area contributed by atoms with Crippen LogP contribution in [0.2, 0.25) is 5.02 Å². The van der Waals surface area contributed by atoms with E-state index in [0.29, 0.717) is 10.8 Å². The average Bonchev–Trinajstić information content (AvgIpc) is 2.33. The molecule has 0 aromatic heterocycles. The molecule has 7 heteroatoms. The molecule has 1 aromatic rings. The van der Waals surface area contributed by atoms with Crippen molar-refractivity contribution in [1.82, 2.24) is 5.32 Å². The smallest absolute Gasteiger partial charge is 0.408 e. The summed E-state index contributed by atoms with van der Waals surface area (Å²) in [6.45, 7) is 4.84. The highest BCUT2D eigenvalue weighted by molar-refractivity contribution is 6.30. The lowest BCUT2D eigenvalue weighted by Crippen LogP contribution is -2.46. The molecule has 0 unspecified atom stereocenters. The first-order chi connectivity index (χ1) is 9.67. The lowest BCUT2D eigenvalue weighted by atomic mass is 10.2. The van der Waals surface area contributed by atoms with Gasteiger partial charge in [-0.3, -0.25) is 0 Å². The van der Waals surface area contributed by atoms with E-state index in [4.69, 9.17) is 26.2 Å². The van der Waals surface area contributed by atoms with Crippen LogP contribution in [0.1, 0.15) is 20.8 Å². The number of carboxylic acid groups (broad SMARTS) is 1. The minimum Gasteiger partial charge on any atom is -0.491 e. The normalized spacial score (nSPS) is 12.4. The van der Waals surface area contributed by atoms with E-state index in [0.717, 1.165) is 0 Å². The lowest BCUT2D eigenvalue weighted by molar-refractivity contribution is -0.140. The molecule has 1 rings (SSSR count). The summed E-state index contributed by atoms with van der Waals surface area (Å²) in [6, 6.07) is 5.24. The summed E-state index contributed by atoms with van der Waals surface area (Å²) in [6.07, 6.45) is -0.811. The zero-order chi connectivity index (χ0) is 16.0. The molecule has 0 fully saturated rings. The van der Waals surface area contributed by atoms with Crippen molar-refractivity contribution in [3.8, 4) is 5.75 Å². The average molecular weight is 316 g/mol.